The highest BCUT2D eigenvalue weighted by Gasteiger charge is 2.25. The first-order valence-corrected chi connectivity index (χ1v) is 13.9. The third kappa shape index (κ3) is 5.84. The maximum absolute atomic E-state index is 11.8. The second-order valence-corrected chi connectivity index (χ2v) is 10.8. The molecule has 2 fully saturated rings. The summed E-state index contributed by atoms with van der Waals surface area (Å²) in [6.07, 6.45) is 9.21. The molecule has 6 rings (SSSR count). The molecule has 0 aliphatic carbocycles. The van der Waals surface area contributed by atoms with Crippen LogP contribution in [0.1, 0.15) is 24.1 Å². The molecule has 9 heteroatoms. The Morgan fingerprint density at radius 3 is 2.77 bits per heavy atom. The molecule has 0 saturated carbocycles. The van der Waals surface area contributed by atoms with Gasteiger partial charge in [-0.05, 0) is 83.4 Å². The number of hydrogen-bond donors (Lipinski definition) is 2. The molecular weight excluding hydrogens is 508 g/mol. The van der Waals surface area contributed by atoms with Crippen LogP contribution in [-0.2, 0) is 11.3 Å². The van der Waals surface area contributed by atoms with Gasteiger partial charge in [-0.3, -0.25) is 19.9 Å². The molecule has 39 heavy (non-hydrogen) atoms. The monoisotopic (exact) mass is 536 g/mol. The van der Waals surface area contributed by atoms with Crippen molar-refractivity contribution in [1.29, 1.82) is 0 Å². The largest absolute Gasteiger partial charge is 0.341 e. The van der Waals surface area contributed by atoms with Gasteiger partial charge >= 0.3 is 0 Å². The van der Waals surface area contributed by atoms with Crippen LogP contribution in [0.4, 0.5) is 10.7 Å². The van der Waals surface area contributed by atoms with E-state index in [1.807, 2.05) is 12.4 Å². The fourth-order valence-corrected chi connectivity index (χ4v) is 5.80. The van der Waals surface area contributed by atoms with Gasteiger partial charge in [0.05, 0.1) is 10.6 Å². The van der Waals surface area contributed by atoms with Gasteiger partial charge in [0.2, 0.25) is 5.95 Å². The summed E-state index contributed by atoms with van der Waals surface area (Å²) in [6, 6.07) is 18.9. The van der Waals surface area contributed by atoms with Crippen molar-refractivity contribution in [3.05, 3.63) is 89.4 Å². The maximum atomic E-state index is 11.8. The summed E-state index contributed by atoms with van der Waals surface area (Å²) in [5.74, 6) is 0.868. The molecule has 0 radical (unpaired) electrons. The number of rotatable bonds is 7. The minimum atomic E-state index is -0.378. The number of piperidine rings is 1. The van der Waals surface area contributed by atoms with Crippen LogP contribution in [0, 0.1) is 5.92 Å². The first-order valence-electron chi connectivity index (χ1n) is 13.1. The lowest BCUT2D eigenvalue weighted by Gasteiger charge is -2.32. The fourth-order valence-electron chi connectivity index (χ4n) is 5.13. The summed E-state index contributed by atoms with van der Waals surface area (Å²) in [7, 11) is 0. The van der Waals surface area contributed by atoms with E-state index in [1.165, 1.54) is 22.1 Å². The molecule has 0 unspecified atom stereocenters. The van der Waals surface area contributed by atoms with Crippen molar-refractivity contribution in [2.24, 2.45) is 5.92 Å². The van der Waals surface area contributed by atoms with Crippen molar-refractivity contribution in [1.82, 2.24) is 25.6 Å². The smallest absolute Gasteiger partial charge is 0.290 e. The molecule has 2 saturated heterocycles. The number of benzene rings is 2. The minimum Gasteiger partial charge on any atom is -0.341 e. The molecule has 2 aliphatic heterocycles. The standard InChI is InChI=1S/C30H28N6O2S/c37-28-27(39-30(38)35-28)16-24-7-12-33-29(34-24)36-13-9-20(10-14-36)17-32-18-21-3-1-4-22(15-21)25-6-2-5-23-19-31-11-8-26(23)25/h1-8,11-12,15-16,19-20,32H,9-10,13-14,17-18H2,(H,35,37,38)/b27-16+. The van der Waals surface area contributed by atoms with E-state index in [1.54, 1.807) is 18.3 Å². The molecule has 2 aromatic heterocycles. The molecule has 2 N–H and O–H groups in total. The van der Waals surface area contributed by atoms with Gasteiger partial charge in [-0.2, -0.15) is 0 Å². The lowest BCUT2D eigenvalue weighted by Crippen LogP contribution is -2.38. The second kappa shape index (κ2) is 11.3. The summed E-state index contributed by atoms with van der Waals surface area (Å²) in [5, 5.41) is 7.94. The van der Waals surface area contributed by atoms with Crippen molar-refractivity contribution in [3.8, 4) is 11.1 Å². The minimum absolute atomic E-state index is 0.355. The zero-order chi connectivity index (χ0) is 26.6. The SMILES string of the molecule is O=C1NC(=O)/C(=C\c2ccnc(N3CCC(CNCc4cccc(-c5cccc6cnccc56)c4)CC3)n2)S1. The molecule has 2 amide bonds. The molecule has 0 bridgehead atoms. The number of hydrogen-bond acceptors (Lipinski definition) is 8. The Hall–Kier alpha value is -4.08. The van der Waals surface area contributed by atoms with E-state index in [9.17, 15) is 9.59 Å². The van der Waals surface area contributed by atoms with E-state index < -0.39 is 0 Å². The summed E-state index contributed by atoms with van der Waals surface area (Å²) < 4.78 is 0. The normalized spacial score (nSPS) is 17.2. The Morgan fingerprint density at radius 1 is 1.05 bits per heavy atom. The summed E-state index contributed by atoms with van der Waals surface area (Å²) in [6.45, 7) is 3.55. The molecule has 0 spiro atoms. The summed E-state index contributed by atoms with van der Waals surface area (Å²) >= 11 is 0.894. The lowest BCUT2D eigenvalue weighted by atomic mass is 9.96. The van der Waals surface area contributed by atoms with Crippen LogP contribution in [0.5, 0.6) is 0 Å². The van der Waals surface area contributed by atoms with Crippen molar-refractivity contribution in [3.63, 3.8) is 0 Å². The topological polar surface area (TPSA) is 100 Å². The number of pyridine rings is 1. The predicted molar refractivity (Wildman–Crippen MR) is 155 cm³/mol. The summed E-state index contributed by atoms with van der Waals surface area (Å²) in [5.41, 5.74) is 4.34. The number of amides is 2. The lowest BCUT2D eigenvalue weighted by molar-refractivity contribution is -0.115. The summed E-state index contributed by atoms with van der Waals surface area (Å²) in [4.78, 5) is 39.1. The number of carbonyl (C=O) groups excluding carboxylic acids is 2. The van der Waals surface area contributed by atoms with E-state index in [4.69, 9.17) is 0 Å². The van der Waals surface area contributed by atoms with E-state index in [2.05, 4.69) is 79.0 Å². The van der Waals surface area contributed by atoms with Gasteiger partial charge in [0.1, 0.15) is 0 Å². The molecule has 4 heterocycles. The van der Waals surface area contributed by atoms with Crippen LogP contribution in [0.3, 0.4) is 0 Å². The Balaban J connectivity index is 1.02. The average Bonchev–Trinajstić information content (AvgIpc) is 3.29. The zero-order valence-corrected chi connectivity index (χ0v) is 22.2. The number of carbonyl (C=O) groups is 2. The van der Waals surface area contributed by atoms with Crippen LogP contribution in [0.15, 0.2) is 78.1 Å². The number of nitrogens with zero attached hydrogens (tertiary/aromatic N) is 4. The van der Waals surface area contributed by atoms with Crippen LogP contribution in [0.25, 0.3) is 28.0 Å². The average molecular weight is 537 g/mol. The van der Waals surface area contributed by atoms with Gasteiger partial charge in [0, 0.05) is 43.6 Å². The van der Waals surface area contributed by atoms with Crippen molar-refractivity contribution < 1.29 is 9.59 Å². The first kappa shape index (κ1) is 25.2. The maximum Gasteiger partial charge on any atom is 0.290 e. The molecule has 196 valence electrons. The third-order valence-corrected chi connectivity index (χ3v) is 7.97. The van der Waals surface area contributed by atoms with Crippen molar-refractivity contribution in [2.75, 3.05) is 24.5 Å². The second-order valence-electron chi connectivity index (χ2n) is 9.80. The predicted octanol–water partition coefficient (Wildman–Crippen LogP) is 5.02. The molecule has 8 nitrogen and oxygen atoms in total. The van der Waals surface area contributed by atoms with E-state index in [0.29, 0.717) is 22.5 Å². The quantitative estimate of drug-likeness (QED) is 0.318. The van der Waals surface area contributed by atoms with Gasteiger partial charge in [0.15, 0.2) is 0 Å². The highest BCUT2D eigenvalue weighted by molar-refractivity contribution is 8.18. The van der Waals surface area contributed by atoms with E-state index in [-0.39, 0.29) is 11.1 Å². The molecule has 2 aliphatic rings. The van der Waals surface area contributed by atoms with Gasteiger partial charge in [-0.25, -0.2) is 9.97 Å². The number of imide groups is 1. The number of aromatic nitrogens is 3. The van der Waals surface area contributed by atoms with Gasteiger partial charge < -0.3 is 10.2 Å². The number of anilines is 1. The Labute approximate surface area is 231 Å². The first-order chi connectivity index (χ1) is 19.1. The molecule has 4 aromatic rings. The van der Waals surface area contributed by atoms with Crippen LogP contribution in [0.2, 0.25) is 0 Å². The zero-order valence-electron chi connectivity index (χ0n) is 21.3. The van der Waals surface area contributed by atoms with Gasteiger partial charge in [-0.15, -0.1) is 0 Å². The number of fused-ring (bicyclic) bond motifs is 1. The highest BCUT2D eigenvalue weighted by Crippen LogP contribution is 2.29. The van der Waals surface area contributed by atoms with Crippen molar-refractivity contribution >= 4 is 45.7 Å². The van der Waals surface area contributed by atoms with E-state index >= 15 is 0 Å². The number of nitrogens with one attached hydrogen (secondary N) is 2. The Kier molecular flexibility index (Phi) is 7.33. The van der Waals surface area contributed by atoms with Gasteiger partial charge in [-0.1, -0.05) is 36.4 Å². The Morgan fingerprint density at radius 2 is 1.92 bits per heavy atom. The third-order valence-electron chi connectivity index (χ3n) is 7.16. The van der Waals surface area contributed by atoms with E-state index in [0.717, 1.165) is 56.2 Å². The fraction of sp³-hybridized carbons (Fsp3) is 0.233. The van der Waals surface area contributed by atoms with Crippen molar-refractivity contribution in [2.45, 2.75) is 19.4 Å². The Bertz CT molecular complexity index is 1560. The van der Waals surface area contributed by atoms with Gasteiger partial charge in [0.25, 0.3) is 11.1 Å². The molecule has 2 aromatic carbocycles. The molecule has 0 atom stereocenters. The van der Waals surface area contributed by atoms with Crippen LogP contribution < -0.4 is 15.5 Å². The number of thioether (sulfide) groups is 1. The highest BCUT2D eigenvalue weighted by atomic mass is 32.2. The van der Waals surface area contributed by atoms with Crippen LogP contribution in [-0.4, -0.2) is 45.7 Å². The molecular formula is C30H28N6O2S. The van der Waals surface area contributed by atoms with Crippen LogP contribution >= 0.6 is 11.8 Å².